The summed E-state index contributed by atoms with van der Waals surface area (Å²) in [5.74, 6) is 0. The highest BCUT2D eigenvalue weighted by atomic mass is 35.5. The first kappa shape index (κ1) is 16.1. The van der Waals surface area contributed by atoms with Crippen molar-refractivity contribution in [3.63, 3.8) is 0 Å². The van der Waals surface area contributed by atoms with E-state index in [0.717, 1.165) is 5.56 Å². The summed E-state index contributed by atoms with van der Waals surface area (Å²) in [5.41, 5.74) is 1.05. The highest BCUT2D eigenvalue weighted by molar-refractivity contribution is 7.92. The van der Waals surface area contributed by atoms with Crippen LogP contribution in [-0.4, -0.2) is 15.5 Å². The lowest BCUT2D eigenvalue weighted by Gasteiger charge is -2.12. The smallest absolute Gasteiger partial charge is 0.261 e. The Hall–Kier alpha value is -1.27. The molecular weight excluding hydrogens is 331 g/mol. The first-order valence-electron chi connectivity index (χ1n) is 6.14. The lowest BCUT2D eigenvalue weighted by Crippen LogP contribution is -2.14. The summed E-state index contributed by atoms with van der Waals surface area (Å²) in [6.07, 6.45) is 0. The summed E-state index contributed by atoms with van der Waals surface area (Å²) in [7, 11) is -1.95. The van der Waals surface area contributed by atoms with Gasteiger partial charge in [-0.25, -0.2) is 8.42 Å². The van der Waals surface area contributed by atoms with E-state index in [4.69, 9.17) is 23.2 Å². The Bertz CT molecular complexity index is 728. The van der Waals surface area contributed by atoms with Crippen molar-refractivity contribution in [3.05, 3.63) is 58.1 Å². The molecule has 0 radical (unpaired) electrons. The maximum Gasteiger partial charge on any atom is 0.261 e. The molecule has 2 aromatic carbocycles. The molecule has 0 amide bonds. The number of nitrogens with one attached hydrogen (secondary N) is 2. The molecule has 112 valence electrons. The zero-order valence-corrected chi connectivity index (χ0v) is 13.6. The number of benzene rings is 2. The largest absolute Gasteiger partial charge is 0.316 e. The fourth-order valence-corrected chi connectivity index (χ4v) is 3.59. The summed E-state index contributed by atoms with van der Waals surface area (Å²) in [6, 6.07) is 11.4. The Balaban J connectivity index is 2.36. The fourth-order valence-electron chi connectivity index (χ4n) is 1.82. The van der Waals surface area contributed by atoms with Crippen molar-refractivity contribution in [2.45, 2.75) is 11.4 Å². The molecule has 0 aromatic heterocycles. The molecule has 0 aliphatic carbocycles. The minimum Gasteiger partial charge on any atom is -0.316 e. The van der Waals surface area contributed by atoms with Gasteiger partial charge >= 0.3 is 0 Å². The van der Waals surface area contributed by atoms with Gasteiger partial charge in [-0.2, -0.15) is 0 Å². The van der Waals surface area contributed by atoms with Gasteiger partial charge in [0.15, 0.2) is 0 Å². The Morgan fingerprint density at radius 3 is 2.29 bits per heavy atom. The van der Waals surface area contributed by atoms with Gasteiger partial charge in [-0.1, -0.05) is 41.4 Å². The van der Waals surface area contributed by atoms with Gasteiger partial charge in [-0.3, -0.25) is 4.72 Å². The first-order chi connectivity index (χ1) is 9.94. The predicted molar refractivity (Wildman–Crippen MR) is 86.5 cm³/mol. The third kappa shape index (κ3) is 3.89. The van der Waals surface area contributed by atoms with E-state index < -0.39 is 10.0 Å². The number of rotatable bonds is 5. The van der Waals surface area contributed by atoms with Crippen molar-refractivity contribution in [2.75, 3.05) is 11.8 Å². The Morgan fingerprint density at radius 1 is 1.05 bits per heavy atom. The number of hydrogen-bond donors (Lipinski definition) is 2. The lowest BCUT2D eigenvalue weighted by molar-refractivity contribution is 0.601. The maximum absolute atomic E-state index is 12.4. The molecule has 0 aliphatic rings. The number of para-hydroxylation sites is 1. The van der Waals surface area contributed by atoms with Gasteiger partial charge in [0.2, 0.25) is 0 Å². The molecule has 4 nitrogen and oxygen atoms in total. The van der Waals surface area contributed by atoms with E-state index in [1.165, 1.54) is 6.07 Å². The Kier molecular flexibility index (Phi) is 5.11. The summed E-state index contributed by atoms with van der Waals surface area (Å²) in [6.45, 7) is 0.580. The van der Waals surface area contributed by atoms with Gasteiger partial charge in [-0.05, 0) is 36.9 Å². The summed E-state index contributed by atoms with van der Waals surface area (Å²) < 4.78 is 27.3. The number of sulfonamides is 1. The van der Waals surface area contributed by atoms with E-state index >= 15 is 0 Å². The molecule has 0 saturated heterocycles. The molecule has 0 fully saturated rings. The van der Waals surface area contributed by atoms with E-state index in [1.54, 1.807) is 37.4 Å². The third-order valence-corrected chi connectivity index (χ3v) is 4.77. The van der Waals surface area contributed by atoms with E-state index in [2.05, 4.69) is 10.0 Å². The standard InChI is InChI=1S/C14H14Cl2N2O2S/c1-17-9-10-4-2-5-11(8-10)21(19,20)18-14-12(15)6-3-7-13(14)16/h2-8,17-18H,9H2,1H3. The second kappa shape index (κ2) is 6.66. The molecule has 2 N–H and O–H groups in total. The van der Waals surface area contributed by atoms with Crippen LogP contribution >= 0.6 is 23.2 Å². The monoisotopic (exact) mass is 344 g/mol. The number of hydrogen-bond acceptors (Lipinski definition) is 3. The van der Waals surface area contributed by atoms with Crippen LogP contribution in [0.1, 0.15) is 5.56 Å². The van der Waals surface area contributed by atoms with Gasteiger partial charge in [0.1, 0.15) is 0 Å². The number of halogens is 2. The highest BCUT2D eigenvalue weighted by Gasteiger charge is 2.17. The molecule has 0 spiro atoms. The Labute approximate surface area is 134 Å². The molecule has 0 aliphatic heterocycles. The van der Waals surface area contributed by atoms with E-state index in [0.29, 0.717) is 6.54 Å². The molecule has 0 atom stereocenters. The van der Waals surface area contributed by atoms with Crippen molar-refractivity contribution >= 4 is 38.9 Å². The summed E-state index contributed by atoms with van der Waals surface area (Å²) >= 11 is 12.0. The van der Waals surface area contributed by atoms with Crippen LogP contribution in [0.2, 0.25) is 10.0 Å². The summed E-state index contributed by atoms with van der Waals surface area (Å²) in [4.78, 5) is 0.159. The van der Waals surface area contributed by atoms with Gasteiger partial charge < -0.3 is 5.32 Å². The van der Waals surface area contributed by atoms with Crippen LogP contribution in [0, 0.1) is 0 Å². The average Bonchev–Trinajstić information content (AvgIpc) is 2.44. The van der Waals surface area contributed by atoms with Crippen LogP contribution in [0.15, 0.2) is 47.4 Å². The minimum atomic E-state index is -3.75. The molecule has 2 aromatic rings. The zero-order valence-electron chi connectivity index (χ0n) is 11.2. The molecule has 0 unspecified atom stereocenters. The molecular formula is C14H14Cl2N2O2S. The van der Waals surface area contributed by atoms with Gasteiger partial charge in [0, 0.05) is 6.54 Å². The van der Waals surface area contributed by atoms with Crippen molar-refractivity contribution in [3.8, 4) is 0 Å². The molecule has 0 saturated carbocycles. The molecule has 7 heteroatoms. The topological polar surface area (TPSA) is 58.2 Å². The van der Waals surface area contributed by atoms with Crippen LogP contribution in [-0.2, 0) is 16.6 Å². The third-order valence-electron chi connectivity index (χ3n) is 2.79. The maximum atomic E-state index is 12.4. The van der Waals surface area contributed by atoms with E-state index in [1.807, 2.05) is 6.07 Å². The van der Waals surface area contributed by atoms with Crippen molar-refractivity contribution < 1.29 is 8.42 Å². The van der Waals surface area contributed by atoms with Gasteiger partial charge in [0.25, 0.3) is 10.0 Å². The molecule has 0 heterocycles. The Morgan fingerprint density at radius 2 is 1.67 bits per heavy atom. The zero-order chi connectivity index (χ0) is 15.5. The van der Waals surface area contributed by atoms with Crippen LogP contribution in [0.25, 0.3) is 0 Å². The van der Waals surface area contributed by atoms with E-state index in [9.17, 15) is 8.42 Å². The normalized spacial score (nSPS) is 11.4. The van der Waals surface area contributed by atoms with Crippen molar-refractivity contribution in [1.29, 1.82) is 0 Å². The second-order valence-corrected chi connectivity index (χ2v) is 6.88. The van der Waals surface area contributed by atoms with Gasteiger partial charge in [-0.15, -0.1) is 0 Å². The first-order valence-corrected chi connectivity index (χ1v) is 8.38. The number of anilines is 1. The van der Waals surface area contributed by atoms with Crippen molar-refractivity contribution in [1.82, 2.24) is 5.32 Å². The minimum absolute atomic E-state index is 0.159. The molecule has 21 heavy (non-hydrogen) atoms. The van der Waals surface area contributed by atoms with Crippen LogP contribution in [0.3, 0.4) is 0 Å². The van der Waals surface area contributed by atoms with Crippen LogP contribution in [0.5, 0.6) is 0 Å². The van der Waals surface area contributed by atoms with Crippen LogP contribution in [0.4, 0.5) is 5.69 Å². The second-order valence-electron chi connectivity index (χ2n) is 4.38. The quantitative estimate of drug-likeness (QED) is 0.872. The van der Waals surface area contributed by atoms with E-state index in [-0.39, 0.29) is 20.6 Å². The predicted octanol–water partition coefficient (Wildman–Crippen LogP) is 3.51. The van der Waals surface area contributed by atoms with Crippen molar-refractivity contribution in [2.24, 2.45) is 0 Å². The fraction of sp³-hybridized carbons (Fsp3) is 0.143. The summed E-state index contributed by atoms with van der Waals surface area (Å²) in [5, 5.41) is 3.47. The van der Waals surface area contributed by atoms with Gasteiger partial charge in [0.05, 0.1) is 20.6 Å². The average molecular weight is 345 g/mol. The SMILES string of the molecule is CNCc1cccc(S(=O)(=O)Nc2c(Cl)cccc2Cl)c1. The highest BCUT2D eigenvalue weighted by Crippen LogP contribution is 2.31. The van der Waals surface area contributed by atoms with Crippen LogP contribution < -0.4 is 10.0 Å². The lowest BCUT2D eigenvalue weighted by atomic mass is 10.2. The molecule has 0 bridgehead atoms. The molecule has 2 rings (SSSR count).